The molecule has 0 fully saturated rings. The van der Waals surface area contributed by atoms with Crippen LogP contribution in [0.4, 0.5) is 0 Å². The van der Waals surface area contributed by atoms with E-state index in [2.05, 4.69) is 129 Å². The molecule has 4 rings (SSSR count). The molecule has 0 aliphatic heterocycles. The van der Waals surface area contributed by atoms with Gasteiger partial charge in [0.1, 0.15) is 0 Å². The van der Waals surface area contributed by atoms with Crippen LogP contribution in [0.1, 0.15) is 44.2 Å². The van der Waals surface area contributed by atoms with Crippen molar-refractivity contribution >= 4 is 23.8 Å². The Bertz CT molecular complexity index is 1070. The lowest BCUT2D eigenvalue weighted by Gasteiger charge is -2.34. The summed E-state index contributed by atoms with van der Waals surface area (Å²) in [5.41, 5.74) is 2.23. The third kappa shape index (κ3) is 5.61. The standard InChI is InChI=1S/C31H33OP/c1-3-23-31(4-2,32-25-26-15-8-5-9-16-26)27-17-14-22-30(24-27)33(28-18-10-6-11-19-28)29-20-12-7-13-21-29/h5-22,24H,3-4,23,25H2,1-2H3. The molecule has 4 aromatic rings. The number of hydrogen-bond donors (Lipinski definition) is 0. The van der Waals surface area contributed by atoms with Gasteiger partial charge in [0.05, 0.1) is 12.2 Å². The van der Waals surface area contributed by atoms with Crippen molar-refractivity contribution in [1.29, 1.82) is 0 Å². The second-order valence-corrected chi connectivity index (χ2v) is 10.6. The molecule has 1 atom stereocenters. The quantitative estimate of drug-likeness (QED) is 0.234. The van der Waals surface area contributed by atoms with Crippen molar-refractivity contribution in [3.8, 4) is 0 Å². The van der Waals surface area contributed by atoms with Crippen molar-refractivity contribution in [3.05, 3.63) is 126 Å². The fraction of sp³-hybridized carbons (Fsp3) is 0.226. The van der Waals surface area contributed by atoms with Crippen LogP contribution in [0.25, 0.3) is 0 Å². The van der Waals surface area contributed by atoms with E-state index in [0.29, 0.717) is 6.61 Å². The summed E-state index contributed by atoms with van der Waals surface area (Å²) in [6.07, 6.45) is 3.04. The lowest BCUT2D eigenvalue weighted by molar-refractivity contribution is -0.0717. The van der Waals surface area contributed by atoms with Gasteiger partial charge in [-0.2, -0.15) is 0 Å². The van der Waals surface area contributed by atoms with Crippen molar-refractivity contribution in [2.75, 3.05) is 0 Å². The first kappa shape index (κ1) is 23.4. The highest BCUT2D eigenvalue weighted by Gasteiger charge is 2.31. The Kier molecular flexibility index (Phi) is 8.10. The van der Waals surface area contributed by atoms with Gasteiger partial charge in [-0.25, -0.2) is 0 Å². The van der Waals surface area contributed by atoms with Gasteiger partial charge in [0.25, 0.3) is 0 Å². The monoisotopic (exact) mass is 452 g/mol. The van der Waals surface area contributed by atoms with Crippen molar-refractivity contribution in [3.63, 3.8) is 0 Å². The van der Waals surface area contributed by atoms with Crippen molar-refractivity contribution < 1.29 is 4.74 Å². The minimum atomic E-state index is -0.632. The SMILES string of the molecule is CCCC(CC)(OCc1ccccc1)c1cccc(P(c2ccccc2)c2ccccc2)c1. The van der Waals surface area contributed by atoms with Gasteiger partial charge in [-0.3, -0.25) is 0 Å². The van der Waals surface area contributed by atoms with E-state index in [1.165, 1.54) is 27.0 Å². The molecule has 1 unspecified atom stereocenters. The molecule has 0 aliphatic rings. The predicted molar refractivity (Wildman–Crippen MR) is 143 cm³/mol. The third-order valence-electron chi connectivity index (χ3n) is 6.24. The van der Waals surface area contributed by atoms with Gasteiger partial charge in [0.2, 0.25) is 0 Å². The molecular weight excluding hydrogens is 419 g/mol. The van der Waals surface area contributed by atoms with Crippen LogP contribution < -0.4 is 15.9 Å². The van der Waals surface area contributed by atoms with Crippen molar-refractivity contribution in [2.45, 2.75) is 45.3 Å². The first-order chi connectivity index (χ1) is 16.3. The van der Waals surface area contributed by atoms with E-state index in [-0.39, 0.29) is 5.60 Å². The van der Waals surface area contributed by atoms with Crippen molar-refractivity contribution in [2.24, 2.45) is 0 Å². The molecule has 33 heavy (non-hydrogen) atoms. The summed E-state index contributed by atoms with van der Waals surface area (Å²) in [4.78, 5) is 0. The molecule has 1 nitrogen and oxygen atoms in total. The third-order valence-corrected chi connectivity index (χ3v) is 8.67. The van der Waals surface area contributed by atoms with Crippen LogP contribution in [-0.2, 0) is 16.9 Å². The summed E-state index contributed by atoms with van der Waals surface area (Å²) in [5, 5.41) is 4.12. The fourth-order valence-electron chi connectivity index (χ4n) is 4.51. The van der Waals surface area contributed by atoms with Gasteiger partial charge < -0.3 is 4.74 Å². The Balaban J connectivity index is 1.74. The minimum Gasteiger partial charge on any atom is -0.366 e. The van der Waals surface area contributed by atoms with Gasteiger partial charge in [-0.15, -0.1) is 0 Å². The molecule has 0 bridgehead atoms. The summed E-state index contributed by atoms with van der Waals surface area (Å²) in [7, 11) is -0.632. The average Bonchev–Trinajstić information content (AvgIpc) is 2.89. The predicted octanol–water partition coefficient (Wildman–Crippen LogP) is 7.07. The average molecular weight is 453 g/mol. The van der Waals surface area contributed by atoms with Crippen LogP contribution in [0.3, 0.4) is 0 Å². The summed E-state index contributed by atoms with van der Waals surface area (Å²) >= 11 is 0. The molecule has 0 spiro atoms. The molecule has 4 aromatic carbocycles. The topological polar surface area (TPSA) is 9.23 Å². The van der Waals surface area contributed by atoms with Crippen LogP contribution in [0, 0.1) is 0 Å². The Labute approximate surface area is 200 Å². The smallest absolute Gasteiger partial charge is 0.0933 e. The number of benzene rings is 4. The molecule has 0 saturated carbocycles. The van der Waals surface area contributed by atoms with Crippen molar-refractivity contribution in [1.82, 2.24) is 0 Å². The van der Waals surface area contributed by atoms with Crippen LogP contribution in [0.15, 0.2) is 115 Å². The molecule has 168 valence electrons. The maximum absolute atomic E-state index is 6.74. The van der Waals surface area contributed by atoms with Crippen LogP contribution in [0.2, 0.25) is 0 Å². The number of hydrogen-bond acceptors (Lipinski definition) is 1. The van der Waals surface area contributed by atoms with Gasteiger partial charge in [0.15, 0.2) is 0 Å². The normalized spacial score (nSPS) is 13.1. The Morgan fingerprint density at radius 2 is 1.18 bits per heavy atom. The van der Waals surface area contributed by atoms with E-state index < -0.39 is 7.92 Å². The first-order valence-corrected chi connectivity index (χ1v) is 13.3. The summed E-state index contributed by atoms with van der Waals surface area (Å²) in [6, 6.07) is 41.5. The van der Waals surface area contributed by atoms with E-state index in [1.54, 1.807) is 0 Å². The van der Waals surface area contributed by atoms with Gasteiger partial charge >= 0.3 is 0 Å². The minimum absolute atomic E-state index is 0.283. The zero-order valence-corrected chi connectivity index (χ0v) is 20.5. The Morgan fingerprint density at radius 3 is 1.73 bits per heavy atom. The second-order valence-electron chi connectivity index (χ2n) is 8.43. The number of rotatable bonds is 10. The summed E-state index contributed by atoms with van der Waals surface area (Å²) in [6.45, 7) is 5.14. The number of ether oxygens (including phenoxy) is 1. The molecule has 0 aromatic heterocycles. The van der Waals surface area contributed by atoms with E-state index in [9.17, 15) is 0 Å². The molecule has 0 radical (unpaired) electrons. The lowest BCUT2D eigenvalue weighted by Crippen LogP contribution is -2.30. The molecule has 0 saturated heterocycles. The van der Waals surface area contributed by atoms with E-state index in [1.807, 2.05) is 0 Å². The molecule has 2 heteroatoms. The Hall–Kier alpha value is -2.73. The largest absolute Gasteiger partial charge is 0.366 e. The zero-order chi connectivity index (χ0) is 22.9. The summed E-state index contributed by atoms with van der Waals surface area (Å²) < 4.78 is 6.74. The van der Waals surface area contributed by atoms with E-state index in [4.69, 9.17) is 4.74 Å². The lowest BCUT2D eigenvalue weighted by atomic mass is 9.86. The van der Waals surface area contributed by atoms with E-state index >= 15 is 0 Å². The molecule has 0 amide bonds. The highest BCUT2D eigenvalue weighted by atomic mass is 31.1. The molecular formula is C31H33OP. The van der Waals surface area contributed by atoms with Crippen LogP contribution in [-0.4, -0.2) is 0 Å². The Morgan fingerprint density at radius 1 is 0.636 bits per heavy atom. The highest BCUT2D eigenvalue weighted by Crippen LogP contribution is 2.38. The highest BCUT2D eigenvalue weighted by molar-refractivity contribution is 7.79. The maximum atomic E-state index is 6.74. The van der Waals surface area contributed by atoms with E-state index in [0.717, 1.165) is 19.3 Å². The van der Waals surface area contributed by atoms with Crippen LogP contribution in [0.5, 0.6) is 0 Å². The molecule has 0 aliphatic carbocycles. The molecule has 0 N–H and O–H groups in total. The fourth-order valence-corrected chi connectivity index (χ4v) is 6.85. The van der Waals surface area contributed by atoms with Crippen LogP contribution >= 0.6 is 7.92 Å². The van der Waals surface area contributed by atoms with Gasteiger partial charge in [-0.1, -0.05) is 129 Å². The van der Waals surface area contributed by atoms with Gasteiger partial charge in [0, 0.05) is 0 Å². The summed E-state index contributed by atoms with van der Waals surface area (Å²) in [5.74, 6) is 0. The maximum Gasteiger partial charge on any atom is 0.0933 e. The zero-order valence-electron chi connectivity index (χ0n) is 19.7. The van der Waals surface area contributed by atoms with Gasteiger partial charge in [-0.05, 0) is 53.9 Å². The second kappa shape index (κ2) is 11.4. The first-order valence-electron chi connectivity index (χ1n) is 11.9. The molecule has 0 heterocycles.